The number of methoxy groups -OCH3 is 1. The lowest BCUT2D eigenvalue weighted by molar-refractivity contribution is 0.0594. The molecular formula is C10H9NO2S. The fraction of sp³-hybridized carbons (Fsp3) is 0.200. The predicted octanol–water partition coefficient (Wildman–Crippen LogP) is 2.39. The van der Waals surface area contributed by atoms with Crippen molar-refractivity contribution in [3.8, 4) is 0 Å². The summed E-state index contributed by atoms with van der Waals surface area (Å²) in [7, 11) is 1.36. The van der Waals surface area contributed by atoms with Gasteiger partial charge in [0, 0.05) is 16.3 Å². The van der Waals surface area contributed by atoms with Crippen molar-refractivity contribution in [3.63, 3.8) is 0 Å². The van der Waals surface area contributed by atoms with Crippen molar-refractivity contribution in [2.24, 2.45) is 0 Å². The maximum Gasteiger partial charge on any atom is 0.356 e. The Morgan fingerprint density at radius 2 is 2.36 bits per heavy atom. The summed E-state index contributed by atoms with van der Waals surface area (Å²) in [6.45, 7) is 2.03. The molecule has 3 nitrogen and oxygen atoms in total. The molecule has 14 heavy (non-hydrogen) atoms. The van der Waals surface area contributed by atoms with Crippen molar-refractivity contribution in [2.45, 2.75) is 6.92 Å². The fourth-order valence-corrected chi connectivity index (χ4v) is 2.21. The van der Waals surface area contributed by atoms with Gasteiger partial charge in [0.15, 0.2) is 0 Å². The number of rotatable bonds is 1. The number of hydrogen-bond donors (Lipinski definition) is 0. The number of thiophene rings is 1. The average molecular weight is 207 g/mol. The first-order chi connectivity index (χ1) is 6.72. The average Bonchev–Trinajstić information content (AvgIpc) is 2.59. The molecule has 2 aromatic heterocycles. The lowest BCUT2D eigenvalue weighted by Crippen LogP contribution is -2.03. The molecule has 0 N–H and O–H groups in total. The first kappa shape index (κ1) is 9.15. The Labute approximate surface area is 85.3 Å². The molecule has 0 bridgehead atoms. The second-order valence-corrected chi connectivity index (χ2v) is 3.89. The van der Waals surface area contributed by atoms with E-state index in [1.54, 1.807) is 23.6 Å². The first-order valence-corrected chi connectivity index (χ1v) is 5.02. The van der Waals surface area contributed by atoms with Crippen LogP contribution in [0.5, 0.6) is 0 Å². The number of carbonyl (C=O) groups excluding carboxylic acids is 1. The van der Waals surface area contributed by atoms with Gasteiger partial charge in [0.05, 0.1) is 7.11 Å². The van der Waals surface area contributed by atoms with E-state index in [9.17, 15) is 4.79 Å². The number of nitrogens with zero attached hydrogens (tertiary/aromatic N) is 1. The third-order valence-electron chi connectivity index (χ3n) is 2.05. The van der Waals surface area contributed by atoms with Gasteiger partial charge in [0.1, 0.15) is 5.69 Å². The Balaban J connectivity index is 2.57. The van der Waals surface area contributed by atoms with Crippen LogP contribution in [0.2, 0.25) is 0 Å². The molecule has 0 aliphatic heterocycles. The Hall–Kier alpha value is -1.42. The molecule has 0 saturated carbocycles. The van der Waals surface area contributed by atoms with Crippen LogP contribution in [0.25, 0.3) is 10.1 Å². The van der Waals surface area contributed by atoms with Gasteiger partial charge in [-0.2, -0.15) is 0 Å². The minimum atomic E-state index is -0.391. The van der Waals surface area contributed by atoms with Crippen LogP contribution in [-0.4, -0.2) is 18.1 Å². The Morgan fingerprint density at radius 3 is 3.07 bits per heavy atom. The molecule has 2 rings (SSSR count). The number of ether oxygens (including phenoxy) is 1. The van der Waals surface area contributed by atoms with Gasteiger partial charge < -0.3 is 4.74 Å². The van der Waals surface area contributed by atoms with Crippen molar-refractivity contribution in [2.75, 3.05) is 7.11 Å². The number of carbonyl (C=O) groups is 1. The van der Waals surface area contributed by atoms with E-state index in [1.807, 2.05) is 12.3 Å². The number of aryl methyl sites for hydroxylation is 1. The summed E-state index contributed by atoms with van der Waals surface area (Å²) in [5.74, 6) is -0.391. The highest BCUT2D eigenvalue weighted by Gasteiger charge is 2.09. The molecule has 0 spiro atoms. The number of aromatic nitrogens is 1. The van der Waals surface area contributed by atoms with E-state index in [2.05, 4.69) is 9.72 Å². The smallest absolute Gasteiger partial charge is 0.356 e. The van der Waals surface area contributed by atoms with Crippen molar-refractivity contribution in [1.82, 2.24) is 4.98 Å². The normalized spacial score (nSPS) is 10.4. The molecule has 2 aromatic rings. The summed E-state index contributed by atoms with van der Waals surface area (Å²) >= 11 is 1.61. The molecule has 0 saturated heterocycles. The Kier molecular flexibility index (Phi) is 2.21. The fourth-order valence-electron chi connectivity index (χ4n) is 1.26. The van der Waals surface area contributed by atoms with Gasteiger partial charge in [0.25, 0.3) is 0 Å². The standard InChI is InChI=1S/C10H9NO2S/c1-6-5-14-9-3-8(10(12)13-2)11-4-7(6)9/h3-5H,1-2H3. The lowest BCUT2D eigenvalue weighted by Gasteiger charge is -1.97. The van der Waals surface area contributed by atoms with Crippen LogP contribution in [0.4, 0.5) is 0 Å². The summed E-state index contributed by atoms with van der Waals surface area (Å²) in [6, 6.07) is 1.76. The molecule has 2 heterocycles. The van der Waals surface area contributed by atoms with E-state index in [0.29, 0.717) is 5.69 Å². The van der Waals surface area contributed by atoms with Gasteiger partial charge in [-0.3, -0.25) is 0 Å². The molecule has 4 heteroatoms. The molecule has 0 aromatic carbocycles. The summed E-state index contributed by atoms with van der Waals surface area (Å²) in [5, 5.41) is 3.15. The molecule has 0 radical (unpaired) electrons. The highest BCUT2D eigenvalue weighted by Crippen LogP contribution is 2.24. The van der Waals surface area contributed by atoms with E-state index in [0.717, 1.165) is 10.1 Å². The Morgan fingerprint density at radius 1 is 1.57 bits per heavy atom. The van der Waals surface area contributed by atoms with Gasteiger partial charge >= 0.3 is 5.97 Å². The van der Waals surface area contributed by atoms with E-state index in [4.69, 9.17) is 0 Å². The van der Waals surface area contributed by atoms with Crippen LogP contribution in [0.1, 0.15) is 16.1 Å². The van der Waals surface area contributed by atoms with Crippen molar-refractivity contribution < 1.29 is 9.53 Å². The summed E-state index contributed by atoms with van der Waals surface area (Å²) in [6.07, 6.45) is 1.72. The predicted molar refractivity (Wildman–Crippen MR) is 55.7 cm³/mol. The highest BCUT2D eigenvalue weighted by atomic mass is 32.1. The van der Waals surface area contributed by atoms with Gasteiger partial charge in [0.2, 0.25) is 0 Å². The zero-order chi connectivity index (χ0) is 10.1. The second-order valence-electron chi connectivity index (χ2n) is 2.98. The van der Waals surface area contributed by atoms with E-state index >= 15 is 0 Å². The van der Waals surface area contributed by atoms with E-state index in [1.165, 1.54) is 12.7 Å². The van der Waals surface area contributed by atoms with Crippen LogP contribution >= 0.6 is 11.3 Å². The van der Waals surface area contributed by atoms with E-state index in [-0.39, 0.29) is 0 Å². The minimum absolute atomic E-state index is 0.363. The number of hydrogen-bond acceptors (Lipinski definition) is 4. The third kappa shape index (κ3) is 1.37. The lowest BCUT2D eigenvalue weighted by atomic mass is 10.2. The molecule has 0 atom stereocenters. The van der Waals surface area contributed by atoms with Gasteiger partial charge in [-0.15, -0.1) is 11.3 Å². The van der Waals surface area contributed by atoms with Crippen molar-refractivity contribution in [3.05, 3.63) is 28.9 Å². The van der Waals surface area contributed by atoms with E-state index < -0.39 is 5.97 Å². The van der Waals surface area contributed by atoms with Crippen LogP contribution in [-0.2, 0) is 4.74 Å². The largest absolute Gasteiger partial charge is 0.464 e. The molecule has 0 aliphatic carbocycles. The van der Waals surface area contributed by atoms with Gasteiger partial charge in [-0.1, -0.05) is 0 Å². The molecule has 72 valence electrons. The number of esters is 1. The maximum atomic E-state index is 11.2. The van der Waals surface area contributed by atoms with Crippen LogP contribution in [0.3, 0.4) is 0 Å². The van der Waals surface area contributed by atoms with Gasteiger partial charge in [-0.05, 0) is 23.9 Å². The zero-order valence-corrected chi connectivity index (χ0v) is 8.72. The SMILES string of the molecule is COC(=O)c1cc2scc(C)c2cn1. The van der Waals surface area contributed by atoms with Crippen molar-refractivity contribution in [1.29, 1.82) is 0 Å². The summed E-state index contributed by atoms with van der Waals surface area (Å²) in [5.41, 5.74) is 1.55. The summed E-state index contributed by atoms with van der Waals surface area (Å²) < 4.78 is 5.66. The molecule has 0 unspecified atom stereocenters. The summed E-state index contributed by atoms with van der Waals surface area (Å²) in [4.78, 5) is 15.2. The van der Waals surface area contributed by atoms with Crippen LogP contribution in [0.15, 0.2) is 17.6 Å². The first-order valence-electron chi connectivity index (χ1n) is 4.14. The quantitative estimate of drug-likeness (QED) is 0.674. The topological polar surface area (TPSA) is 39.2 Å². The minimum Gasteiger partial charge on any atom is -0.464 e. The van der Waals surface area contributed by atoms with Crippen LogP contribution < -0.4 is 0 Å². The maximum absolute atomic E-state index is 11.2. The second kappa shape index (κ2) is 3.38. The zero-order valence-electron chi connectivity index (χ0n) is 7.90. The molecular weight excluding hydrogens is 198 g/mol. The number of fused-ring (bicyclic) bond motifs is 1. The van der Waals surface area contributed by atoms with Crippen LogP contribution in [0, 0.1) is 6.92 Å². The third-order valence-corrected chi connectivity index (χ3v) is 3.11. The molecule has 0 fully saturated rings. The Bertz CT molecular complexity index is 490. The number of pyridine rings is 1. The highest BCUT2D eigenvalue weighted by molar-refractivity contribution is 7.17. The van der Waals surface area contributed by atoms with Crippen molar-refractivity contribution >= 4 is 27.4 Å². The molecule has 0 amide bonds. The monoisotopic (exact) mass is 207 g/mol. The molecule has 0 aliphatic rings. The van der Waals surface area contributed by atoms with Gasteiger partial charge in [-0.25, -0.2) is 9.78 Å².